The van der Waals surface area contributed by atoms with Crippen LogP contribution < -0.4 is 5.32 Å². The van der Waals surface area contributed by atoms with Crippen LogP contribution in [0, 0.1) is 5.82 Å². The van der Waals surface area contributed by atoms with Crippen molar-refractivity contribution in [3.05, 3.63) is 34.6 Å². The zero-order valence-electron chi connectivity index (χ0n) is 11.0. The molecule has 1 amide bonds. The van der Waals surface area contributed by atoms with E-state index in [1.54, 1.807) is 18.0 Å². The molecule has 0 bridgehead atoms. The molecule has 1 atom stereocenters. The summed E-state index contributed by atoms with van der Waals surface area (Å²) < 4.78 is 13.4. The van der Waals surface area contributed by atoms with E-state index >= 15 is 0 Å². The third-order valence-corrected chi connectivity index (χ3v) is 3.98. The molecule has 1 aromatic rings. The van der Waals surface area contributed by atoms with Gasteiger partial charge < -0.3 is 10.2 Å². The number of carbonyl (C=O) groups excluding carboxylic acids is 1. The van der Waals surface area contributed by atoms with E-state index in [4.69, 9.17) is 11.6 Å². The normalized spacial score (nSPS) is 19.8. The molecular formula is C14H18ClFN2O. The molecule has 0 aromatic heterocycles. The lowest BCUT2D eigenvalue weighted by Gasteiger charge is -2.27. The van der Waals surface area contributed by atoms with Crippen LogP contribution in [0.15, 0.2) is 18.2 Å². The van der Waals surface area contributed by atoms with E-state index in [0.29, 0.717) is 0 Å². The third kappa shape index (κ3) is 3.25. The molecule has 0 saturated carbocycles. The third-order valence-electron chi connectivity index (χ3n) is 3.60. The first-order valence-corrected chi connectivity index (χ1v) is 6.91. The fourth-order valence-electron chi connectivity index (χ4n) is 2.41. The molecule has 19 heavy (non-hydrogen) atoms. The molecule has 0 aliphatic carbocycles. The summed E-state index contributed by atoms with van der Waals surface area (Å²) in [7, 11) is 1.76. The van der Waals surface area contributed by atoms with Crippen LogP contribution in [0.1, 0.15) is 29.6 Å². The van der Waals surface area contributed by atoms with Gasteiger partial charge in [0.25, 0.3) is 5.91 Å². The van der Waals surface area contributed by atoms with Crippen molar-refractivity contribution in [3.63, 3.8) is 0 Å². The van der Waals surface area contributed by atoms with E-state index in [2.05, 4.69) is 5.32 Å². The van der Waals surface area contributed by atoms with Gasteiger partial charge in [-0.05, 0) is 44.5 Å². The predicted molar refractivity (Wildman–Crippen MR) is 74.0 cm³/mol. The summed E-state index contributed by atoms with van der Waals surface area (Å²) in [5.74, 6) is -0.764. The predicted octanol–water partition coefficient (Wildman–Crippen LogP) is 2.69. The molecular weight excluding hydrogens is 267 g/mol. The molecule has 1 aromatic carbocycles. The number of benzene rings is 1. The molecule has 1 saturated heterocycles. The van der Waals surface area contributed by atoms with Crippen molar-refractivity contribution in [3.8, 4) is 0 Å². The Kier molecular flexibility index (Phi) is 4.77. The first-order chi connectivity index (χ1) is 9.11. The number of rotatable bonds is 2. The van der Waals surface area contributed by atoms with Gasteiger partial charge in [0.15, 0.2) is 0 Å². The summed E-state index contributed by atoms with van der Waals surface area (Å²) >= 11 is 5.87. The van der Waals surface area contributed by atoms with Gasteiger partial charge in [0.2, 0.25) is 0 Å². The minimum absolute atomic E-state index is 0.0916. The van der Waals surface area contributed by atoms with Crippen LogP contribution in [0.2, 0.25) is 5.02 Å². The molecule has 1 fully saturated rings. The smallest absolute Gasteiger partial charge is 0.255 e. The van der Waals surface area contributed by atoms with E-state index < -0.39 is 5.82 Å². The number of halogens is 2. The maximum absolute atomic E-state index is 13.4. The van der Waals surface area contributed by atoms with Crippen LogP contribution in [0.25, 0.3) is 0 Å². The number of carbonyl (C=O) groups is 1. The molecule has 104 valence electrons. The minimum Gasteiger partial charge on any atom is -0.339 e. The topological polar surface area (TPSA) is 32.3 Å². The highest BCUT2D eigenvalue weighted by Crippen LogP contribution is 2.23. The lowest BCUT2D eigenvalue weighted by molar-refractivity contribution is 0.0720. The van der Waals surface area contributed by atoms with Crippen molar-refractivity contribution >= 4 is 17.5 Å². The van der Waals surface area contributed by atoms with Gasteiger partial charge in [0.05, 0.1) is 10.6 Å². The van der Waals surface area contributed by atoms with Crippen LogP contribution in [-0.4, -0.2) is 37.0 Å². The van der Waals surface area contributed by atoms with Gasteiger partial charge in [-0.2, -0.15) is 0 Å². The van der Waals surface area contributed by atoms with Gasteiger partial charge in [-0.15, -0.1) is 0 Å². The van der Waals surface area contributed by atoms with Gasteiger partial charge in [0.1, 0.15) is 5.82 Å². The lowest BCUT2D eigenvalue weighted by Crippen LogP contribution is -2.37. The Morgan fingerprint density at radius 3 is 3.00 bits per heavy atom. The number of nitrogens with one attached hydrogen (secondary N) is 1. The van der Waals surface area contributed by atoms with Crippen LogP contribution >= 0.6 is 11.6 Å². The molecule has 1 heterocycles. The van der Waals surface area contributed by atoms with E-state index in [9.17, 15) is 9.18 Å². The van der Waals surface area contributed by atoms with E-state index in [1.807, 2.05) is 0 Å². The highest BCUT2D eigenvalue weighted by Gasteiger charge is 2.24. The zero-order chi connectivity index (χ0) is 13.8. The van der Waals surface area contributed by atoms with Crippen LogP contribution in [0.4, 0.5) is 4.39 Å². The highest BCUT2D eigenvalue weighted by molar-refractivity contribution is 6.34. The largest absolute Gasteiger partial charge is 0.339 e. The van der Waals surface area contributed by atoms with Crippen molar-refractivity contribution in [1.29, 1.82) is 0 Å². The molecule has 5 heteroatoms. The van der Waals surface area contributed by atoms with Gasteiger partial charge in [0, 0.05) is 13.1 Å². The fourth-order valence-corrected chi connectivity index (χ4v) is 2.62. The van der Waals surface area contributed by atoms with E-state index in [-0.39, 0.29) is 22.5 Å². The molecule has 1 N–H and O–H groups in total. The fraction of sp³-hybridized carbons (Fsp3) is 0.500. The van der Waals surface area contributed by atoms with Gasteiger partial charge in [-0.1, -0.05) is 17.7 Å². The second-order valence-electron chi connectivity index (χ2n) is 4.85. The average Bonchev–Trinajstić information content (AvgIpc) is 2.69. The van der Waals surface area contributed by atoms with Crippen LogP contribution in [-0.2, 0) is 0 Å². The minimum atomic E-state index is -0.552. The van der Waals surface area contributed by atoms with Crippen molar-refractivity contribution < 1.29 is 9.18 Å². The Balaban J connectivity index is 2.15. The standard InChI is InChI=1S/C14H18ClFN2O/c1-18(10-4-3-8-17-9-7-10)14(19)11-5-2-6-12(16)13(11)15/h2,5-6,10,17H,3-4,7-9H2,1H3. The second-order valence-corrected chi connectivity index (χ2v) is 5.23. The van der Waals surface area contributed by atoms with E-state index in [1.165, 1.54) is 12.1 Å². The molecule has 0 radical (unpaired) electrons. The summed E-state index contributed by atoms with van der Waals surface area (Å²) in [5, 5.41) is 3.22. The molecule has 1 aliphatic rings. The number of hydrogen-bond donors (Lipinski definition) is 1. The van der Waals surface area contributed by atoms with Crippen molar-refractivity contribution in [2.24, 2.45) is 0 Å². The molecule has 1 aliphatic heterocycles. The maximum atomic E-state index is 13.4. The SMILES string of the molecule is CN(C(=O)c1cccc(F)c1Cl)C1CCCNCC1. The molecule has 0 spiro atoms. The zero-order valence-corrected chi connectivity index (χ0v) is 11.7. The average molecular weight is 285 g/mol. The van der Waals surface area contributed by atoms with Crippen molar-refractivity contribution in [2.45, 2.75) is 25.3 Å². The summed E-state index contributed by atoms with van der Waals surface area (Å²) in [4.78, 5) is 14.1. The number of nitrogens with zero attached hydrogens (tertiary/aromatic N) is 1. The van der Waals surface area contributed by atoms with Gasteiger partial charge in [-0.25, -0.2) is 4.39 Å². The number of amides is 1. The lowest BCUT2D eigenvalue weighted by atomic mass is 10.1. The van der Waals surface area contributed by atoms with Gasteiger partial charge in [-0.3, -0.25) is 4.79 Å². The Morgan fingerprint density at radius 2 is 2.21 bits per heavy atom. The number of hydrogen-bond acceptors (Lipinski definition) is 2. The Morgan fingerprint density at radius 1 is 1.42 bits per heavy atom. The highest BCUT2D eigenvalue weighted by atomic mass is 35.5. The first-order valence-electron chi connectivity index (χ1n) is 6.53. The molecule has 1 unspecified atom stereocenters. The molecule has 3 nitrogen and oxygen atoms in total. The monoisotopic (exact) mass is 284 g/mol. The first kappa shape index (κ1) is 14.3. The van der Waals surface area contributed by atoms with E-state index in [0.717, 1.165) is 32.4 Å². The van der Waals surface area contributed by atoms with Crippen molar-refractivity contribution in [1.82, 2.24) is 10.2 Å². The van der Waals surface area contributed by atoms with Crippen LogP contribution in [0.5, 0.6) is 0 Å². The summed E-state index contributed by atoms with van der Waals surface area (Å²) in [6.07, 6.45) is 2.91. The second kappa shape index (κ2) is 6.35. The van der Waals surface area contributed by atoms with Crippen LogP contribution in [0.3, 0.4) is 0 Å². The Hall–Kier alpha value is -1.13. The Bertz CT molecular complexity index is 459. The quantitative estimate of drug-likeness (QED) is 0.906. The Labute approximate surface area is 117 Å². The summed E-state index contributed by atoms with van der Waals surface area (Å²) in [6, 6.07) is 4.52. The summed E-state index contributed by atoms with van der Waals surface area (Å²) in [5.41, 5.74) is 0.237. The molecule has 2 rings (SSSR count). The maximum Gasteiger partial charge on any atom is 0.255 e. The summed E-state index contributed by atoms with van der Waals surface area (Å²) in [6.45, 7) is 1.89. The van der Waals surface area contributed by atoms with Gasteiger partial charge >= 0.3 is 0 Å². The van der Waals surface area contributed by atoms with Crippen molar-refractivity contribution in [2.75, 3.05) is 20.1 Å².